The summed E-state index contributed by atoms with van der Waals surface area (Å²) in [6.45, 7) is 0. The zero-order valence-electron chi connectivity index (χ0n) is 15.0. The van der Waals surface area contributed by atoms with E-state index in [1.807, 2.05) is 36.4 Å². The third-order valence-corrected chi connectivity index (χ3v) is 4.96. The van der Waals surface area contributed by atoms with Crippen LogP contribution in [0.4, 0.5) is 5.69 Å². The number of ketones is 1. The van der Waals surface area contributed by atoms with Crippen molar-refractivity contribution in [3.05, 3.63) is 101 Å². The molecule has 1 aliphatic rings. The van der Waals surface area contributed by atoms with Crippen molar-refractivity contribution in [2.75, 3.05) is 4.90 Å². The monoisotopic (exact) mass is 388 g/mol. The molecule has 28 heavy (non-hydrogen) atoms. The van der Waals surface area contributed by atoms with Crippen molar-refractivity contribution >= 4 is 34.7 Å². The van der Waals surface area contributed by atoms with Crippen LogP contribution in [0.3, 0.4) is 0 Å². The predicted molar refractivity (Wildman–Crippen MR) is 110 cm³/mol. The van der Waals surface area contributed by atoms with Gasteiger partial charge in [-0.1, -0.05) is 41.9 Å². The Hall–Kier alpha value is -3.24. The molecule has 0 fully saturated rings. The molecule has 3 aromatic rings. The minimum atomic E-state index is -0.765. The van der Waals surface area contributed by atoms with Gasteiger partial charge in [-0.15, -0.1) is 0 Å². The number of hydrogen-bond donors (Lipinski definition) is 0. The predicted octanol–water partition coefficient (Wildman–Crippen LogP) is 4.55. The molecule has 0 radical (unpaired) electrons. The molecule has 0 spiro atoms. The minimum absolute atomic E-state index is 0.196. The van der Waals surface area contributed by atoms with Crippen molar-refractivity contribution in [3.8, 4) is 0 Å². The van der Waals surface area contributed by atoms with Crippen molar-refractivity contribution in [1.82, 2.24) is 4.98 Å². The molecule has 1 aromatic heterocycles. The van der Waals surface area contributed by atoms with E-state index < -0.39 is 5.92 Å². The maximum absolute atomic E-state index is 13.4. The lowest BCUT2D eigenvalue weighted by atomic mass is 9.89. The number of halogens is 1. The Labute approximate surface area is 168 Å². The second kappa shape index (κ2) is 7.79. The van der Waals surface area contributed by atoms with E-state index in [-0.39, 0.29) is 11.7 Å². The topological polar surface area (TPSA) is 50.3 Å². The number of nitrogens with zero attached hydrogens (tertiary/aromatic N) is 2. The summed E-state index contributed by atoms with van der Waals surface area (Å²) in [5.41, 5.74) is 2.84. The molecule has 0 saturated carbocycles. The largest absolute Gasteiger partial charge is 0.294 e. The Kier molecular flexibility index (Phi) is 5.04. The molecule has 0 saturated heterocycles. The number of benzene rings is 2. The van der Waals surface area contributed by atoms with Gasteiger partial charge in [-0.25, -0.2) is 0 Å². The maximum atomic E-state index is 13.4. The molecular weight excluding hydrogens is 372 g/mol. The molecule has 4 nitrogen and oxygen atoms in total. The summed E-state index contributed by atoms with van der Waals surface area (Å²) in [7, 11) is 0. The van der Waals surface area contributed by atoms with Gasteiger partial charge in [-0.3, -0.25) is 19.5 Å². The van der Waals surface area contributed by atoms with Gasteiger partial charge in [0.1, 0.15) is 5.92 Å². The molecule has 1 amide bonds. The molecule has 5 heteroatoms. The highest BCUT2D eigenvalue weighted by molar-refractivity contribution is 6.30. The Morgan fingerprint density at radius 1 is 0.929 bits per heavy atom. The van der Waals surface area contributed by atoms with Crippen molar-refractivity contribution < 1.29 is 9.59 Å². The van der Waals surface area contributed by atoms with E-state index in [1.165, 1.54) is 0 Å². The third kappa shape index (κ3) is 3.59. The lowest BCUT2D eigenvalue weighted by Crippen LogP contribution is -2.43. The van der Waals surface area contributed by atoms with Crippen LogP contribution in [0.15, 0.2) is 85.2 Å². The number of carbonyl (C=O) groups excluding carboxylic acids is 2. The van der Waals surface area contributed by atoms with E-state index in [4.69, 9.17) is 11.6 Å². The Morgan fingerprint density at radius 2 is 1.68 bits per heavy atom. The van der Waals surface area contributed by atoms with Crippen LogP contribution in [0.1, 0.15) is 11.1 Å². The fourth-order valence-corrected chi connectivity index (χ4v) is 3.44. The SMILES string of the molecule is O=C1C=C(c2cccnc2)N(c2ccc(Cl)cc2)C(=O)C1Cc1ccccc1. The highest BCUT2D eigenvalue weighted by Gasteiger charge is 2.37. The summed E-state index contributed by atoms with van der Waals surface area (Å²) in [6, 6.07) is 20.2. The van der Waals surface area contributed by atoms with Crippen molar-refractivity contribution in [3.63, 3.8) is 0 Å². The van der Waals surface area contributed by atoms with Gasteiger partial charge in [-0.05, 0) is 48.4 Å². The molecular formula is C23H17ClN2O2. The Morgan fingerprint density at radius 3 is 2.36 bits per heavy atom. The van der Waals surface area contributed by atoms with E-state index in [9.17, 15) is 9.59 Å². The van der Waals surface area contributed by atoms with Crippen LogP contribution in [0.25, 0.3) is 5.70 Å². The molecule has 0 N–H and O–H groups in total. The van der Waals surface area contributed by atoms with E-state index in [0.717, 1.165) is 5.56 Å². The number of allylic oxidation sites excluding steroid dienone is 1. The summed E-state index contributed by atoms with van der Waals surface area (Å²) < 4.78 is 0. The van der Waals surface area contributed by atoms with Crippen LogP contribution in [0.5, 0.6) is 0 Å². The minimum Gasteiger partial charge on any atom is -0.294 e. The molecule has 0 aliphatic carbocycles. The highest BCUT2D eigenvalue weighted by Crippen LogP contribution is 2.33. The van der Waals surface area contributed by atoms with Crippen LogP contribution in [-0.4, -0.2) is 16.7 Å². The van der Waals surface area contributed by atoms with Crippen molar-refractivity contribution in [1.29, 1.82) is 0 Å². The van der Waals surface area contributed by atoms with Crippen LogP contribution >= 0.6 is 11.6 Å². The number of rotatable bonds is 4. The van der Waals surface area contributed by atoms with Crippen molar-refractivity contribution in [2.45, 2.75) is 6.42 Å². The third-order valence-electron chi connectivity index (χ3n) is 4.71. The fourth-order valence-electron chi connectivity index (χ4n) is 3.32. The summed E-state index contributed by atoms with van der Waals surface area (Å²) in [6.07, 6.45) is 5.20. The average molecular weight is 389 g/mol. The van der Waals surface area contributed by atoms with Crippen LogP contribution in [-0.2, 0) is 16.0 Å². The maximum Gasteiger partial charge on any atom is 0.242 e. The molecule has 2 aromatic carbocycles. The first-order valence-electron chi connectivity index (χ1n) is 8.93. The Balaban J connectivity index is 1.78. The smallest absolute Gasteiger partial charge is 0.242 e. The molecule has 4 rings (SSSR count). The quantitative estimate of drug-likeness (QED) is 0.616. The van der Waals surface area contributed by atoms with Gasteiger partial charge in [0.2, 0.25) is 5.91 Å². The lowest BCUT2D eigenvalue weighted by Gasteiger charge is -2.32. The van der Waals surface area contributed by atoms with Crippen LogP contribution < -0.4 is 4.90 Å². The molecule has 0 bridgehead atoms. The highest BCUT2D eigenvalue weighted by atomic mass is 35.5. The second-order valence-corrected chi connectivity index (χ2v) is 7.00. The lowest BCUT2D eigenvalue weighted by molar-refractivity contribution is -0.130. The standard InChI is InChI=1S/C23H17ClN2O2/c24-18-8-10-19(11-9-18)26-21(17-7-4-12-25-15-17)14-22(27)20(23(26)28)13-16-5-2-1-3-6-16/h1-12,14-15,20H,13H2. The van der Waals surface area contributed by atoms with Crippen LogP contribution in [0.2, 0.25) is 5.02 Å². The summed E-state index contributed by atoms with van der Waals surface area (Å²) in [4.78, 5) is 32.0. The summed E-state index contributed by atoms with van der Waals surface area (Å²) in [5.74, 6) is -1.21. The van der Waals surface area contributed by atoms with Gasteiger partial charge in [0.05, 0.1) is 5.70 Å². The van der Waals surface area contributed by atoms with Crippen LogP contribution in [0, 0.1) is 5.92 Å². The fraction of sp³-hybridized carbons (Fsp3) is 0.0870. The van der Waals surface area contributed by atoms with Gasteiger partial charge in [-0.2, -0.15) is 0 Å². The van der Waals surface area contributed by atoms with Gasteiger partial charge in [0.25, 0.3) is 0 Å². The van der Waals surface area contributed by atoms with Crippen molar-refractivity contribution in [2.24, 2.45) is 5.92 Å². The van der Waals surface area contributed by atoms with E-state index >= 15 is 0 Å². The molecule has 1 aliphatic heterocycles. The first-order valence-corrected chi connectivity index (χ1v) is 9.30. The first-order chi connectivity index (χ1) is 13.6. The number of amides is 1. The van der Waals surface area contributed by atoms with E-state index in [0.29, 0.717) is 28.4 Å². The first kappa shape index (κ1) is 18.1. The van der Waals surface area contributed by atoms with E-state index in [1.54, 1.807) is 53.7 Å². The molecule has 1 atom stereocenters. The van der Waals surface area contributed by atoms with Gasteiger partial charge < -0.3 is 0 Å². The normalized spacial score (nSPS) is 16.8. The summed E-state index contributed by atoms with van der Waals surface area (Å²) >= 11 is 6.02. The molecule has 2 heterocycles. The zero-order chi connectivity index (χ0) is 19.5. The zero-order valence-corrected chi connectivity index (χ0v) is 15.7. The number of hydrogen-bond acceptors (Lipinski definition) is 3. The number of carbonyl (C=O) groups is 2. The summed E-state index contributed by atoms with van der Waals surface area (Å²) in [5, 5.41) is 0.581. The molecule has 138 valence electrons. The van der Waals surface area contributed by atoms with Gasteiger partial charge in [0.15, 0.2) is 5.78 Å². The van der Waals surface area contributed by atoms with Gasteiger partial charge in [0, 0.05) is 34.7 Å². The van der Waals surface area contributed by atoms with Gasteiger partial charge >= 0.3 is 0 Å². The number of pyridine rings is 1. The average Bonchev–Trinajstić information content (AvgIpc) is 2.73. The number of anilines is 1. The molecule has 1 unspecified atom stereocenters. The second-order valence-electron chi connectivity index (χ2n) is 6.57. The van der Waals surface area contributed by atoms with E-state index in [2.05, 4.69) is 4.98 Å². The number of aromatic nitrogens is 1. The Bertz CT molecular complexity index is 1030.